The van der Waals surface area contributed by atoms with Crippen molar-refractivity contribution in [1.82, 2.24) is 9.47 Å². The minimum atomic E-state index is -0.414. The zero-order valence-electron chi connectivity index (χ0n) is 11.9. The van der Waals surface area contributed by atoms with Crippen LogP contribution in [0.4, 0.5) is 0 Å². The number of amides is 1. The lowest BCUT2D eigenvalue weighted by molar-refractivity contribution is 0.0250. The highest BCUT2D eigenvalue weighted by atomic mass is 16.3. The molecule has 0 aliphatic carbocycles. The van der Waals surface area contributed by atoms with Crippen molar-refractivity contribution in [3.63, 3.8) is 0 Å². The quantitative estimate of drug-likeness (QED) is 0.863. The second kappa shape index (κ2) is 4.94. The summed E-state index contributed by atoms with van der Waals surface area (Å²) in [5, 5.41) is 10.9. The molecule has 20 heavy (non-hydrogen) atoms. The molecule has 2 heterocycles. The molecular weight excluding hydrogens is 252 g/mol. The van der Waals surface area contributed by atoms with Gasteiger partial charge in [0.2, 0.25) is 0 Å². The molecule has 0 radical (unpaired) electrons. The van der Waals surface area contributed by atoms with Gasteiger partial charge in [-0.25, -0.2) is 0 Å². The van der Waals surface area contributed by atoms with Crippen LogP contribution in [0.3, 0.4) is 0 Å². The van der Waals surface area contributed by atoms with Crippen molar-refractivity contribution in [2.75, 3.05) is 13.1 Å². The fraction of sp³-hybridized carbons (Fsp3) is 0.438. The van der Waals surface area contributed by atoms with Crippen molar-refractivity contribution in [3.8, 4) is 0 Å². The highest BCUT2D eigenvalue weighted by Crippen LogP contribution is 2.24. The molecule has 0 spiro atoms. The van der Waals surface area contributed by atoms with Gasteiger partial charge in [0, 0.05) is 42.8 Å². The third-order valence-electron chi connectivity index (χ3n) is 4.36. The third kappa shape index (κ3) is 2.10. The Labute approximate surface area is 118 Å². The Morgan fingerprint density at radius 2 is 2.15 bits per heavy atom. The third-order valence-corrected chi connectivity index (χ3v) is 4.36. The lowest BCUT2D eigenvalue weighted by Gasteiger charge is -2.34. The van der Waals surface area contributed by atoms with E-state index < -0.39 is 6.10 Å². The van der Waals surface area contributed by atoms with E-state index in [0.29, 0.717) is 6.54 Å². The lowest BCUT2D eigenvalue weighted by atomic mass is 9.95. The maximum absolute atomic E-state index is 12.7. The van der Waals surface area contributed by atoms with Gasteiger partial charge in [0.25, 0.3) is 5.91 Å². The van der Waals surface area contributed by atoms with Crippen LogP contribution in [-0.4, -0.2) is 39.7 Å². The van der Waals surface area contributed by atoms with Crippen LogP contribution >= 0.6 is 0 Å². The maximum atomic E-state index is 12.7. The van der Waals surface area contributed by atoms with E-state index in [1.165, 1.54) is 0 Å². The first kappa shape index (κ1) is 13.2. The van der Waals surface area contributed by atoms with E-state index in [0.717, 1.165) is 29.4 Å². The lowest BCUT2D eigenvalue weighted by Crippen LogP contribution is -2.45. The van der Waals surface area contributed by atoms with Crippen LogP contribution in [0.15, 0.2) is 30.5 Å². The summed E-state index contributed by atoms with van der Waals surface area (Å²) in [5.74, 6) is 0.291. The summed E-state index contributed by atoms with van der Waals surface area (Å²) in [6.45, 7) is 3.19. The number of aromatic nitrogens is 1. The van der Waals surface area contributed by atoms with Gasteiger partial charge in [-0.05, 0) is 30.5 Å². The number of β-amino-alcohol motifs (C(OH)–C–C–N with tert-alkyl or cyclic N) is 1. The molecule has 106 valence electrons. The fourth-order valence-corrected chi connectivity index (χ4v) is 2.89. The Hall–Kier alpha value is -1.81. The van der Waals surface area contributed by atoms with E-state index in [2.05, 4.69) is 0 Å². The van der Waals surface area contributed by atoms with Gasteiger partial charge in [0.1, 0.15) is 0 Å². The number of carbonyl (C=O) groups excluding carboxylic acids is 1. The van der Waals surface area contributed by atoms with Gasteiger partial charge in [0.05, 0.1) is 6.10 Å². The van der Waals surface area contributed by atoms with Crippen LogP contribution in [0.25, 0.3) is 10.9 Å². The number of piperidine rings is 1. The highest BCUT2D eigenvalue weighted by Gasteiger charge is 2.28. The summed E-state index contributed by atoms with van der Waals surface area (Å²) in [6.07, 6.45) is 2.41. The predicted molar refractivity (Wildman–Crippen MR) is 78.6 cm³/mol. The summed E-state index contributed by atoms with van der Waals surface area (Å²) >= 11 is 0. The Morgan fingerprint density at radius 1 is 1.35 bits per heavy atom. The SMILES string of the molecule is CC1CCN(C(=O)c2cccc3c2ccn3C)CC1O. The molecule has 4 heteroatoms. The summed E-state index contributed by atoms with van der Waals surface area (Å²) in [6, 6.07) is 7.78. The number of aryl methyl sites for hydroxylation is 1. The Bertz CT molecular complexity index is 647. The average molecular weight is 272 g/mol. The van der Waals surface area contributed by atoms with Crippen LogP contribution in [-0.2, 0) is 7.05 Å². The summed E-state index contributed by atoms with van der Waals surface area (Å²) in [5.41, 5.74) is 1.78. The molecule has 2 atom stereocenters. The number of rotatable bonds is 1. The van der Waals surface area contributed by atoms with Crippen molar-refractivity contribution in [3.05, 3.63) is 36.0 Å². The molecule has 2 unspecified atom stereocenters. The monoisotopic (exact) mass is 272 g/mol. The molecule has 2 aromatic rings. The van der Waals surface area contributed by atoms with Gasteiger partial charge in [0.15, 0.2) is 0 Å². The number of aliphatic hydroxyl groups excluding tert-OH is 1. The first-order valence-corrected chi connectivity index (χ1v) is 7.09. The molecule has 1 fully saturated rings. The number of hydrogen-bond donors (Lipinski definition) is 1. The number of likely N-dealkylation sites (tertiary alicyclic amines) is 1. The smallest absolute Gasteiger partial charge is 0.254 e. The molecule has 1 saturated heterocycles. The molecule has 1 N–H and O–H groups in total. The Morgan fingerprint density at radius 3 is 2.90 bits per heavy atom. The molecule has 1 aromatic carbocycles. The molecule has 1 amide bonds. The van der Waals surface area contributed by atoms with Crippen molar-refractivity contribution < 1.29 is 9.90 Å². The van der Waals surface area contributed by atoms with Gasteiger partial charge >= 0.3 is 0 Å². The zero-order chi connectivity index (χ0) is 14.3. The van der Waals surface area contributed by atoms with Gasteiger partial charge in [-0.1, -0.05) is 13.0 Å². The fourth-order valence-electron chi connectivity index (χ4n) is 2.89. The molecule has 1 aromatic heterocycles. The van der Waals surface area contributed by atoms with Crippen LogP contribution < -0.4 is 0 Å². The van der Waals surface area contributed by atoms with E-state index in [1.54, 1.807) is 4.90 Å². The summed E-state index contributed by atoms with van der Waals surface area (Å²) in [4.78, 5) is 14.5. The number of fused-ring (bicyclic) bond motifs is 1. The normalized spacial score (nSPS) is 23.2. The molecule has 0 bridgehead atoms. The van der Waals surface area contributed by atoms with Gasteiger partial charge < -0.3 is 14.6 Å². The van der Waals surface area contributed by atoms with Crippen molar-refractivity contribution in [2.24, 2.45) is 13.0 Å². The van der Waals surface area contributed by atoms with Crippen molar-refractivity contribution in [2.45, 2.75) is 19.4 Å². The topological polar surface area (TPSA) is 45.5 Å². The number of benzene rings is 1. The minimum absolute atomic E-state index is 0.0211. The molecule has 0 saturated carbocycles. The average Bonchev–Trinajstić information content (AvgIpc) is 2.83. The van der Waals surface area contributed by atoms with E-state index in [9.17, 15) is 9.90 Å². The standard InChI is InChI=1S/C16H20N2O2/c1-11-6-9-18(10-15(11)19)16(20)13-4-3-5-14-12(13)7-8-17(14)2/h3-5,7-8,11,15,19H,6,9-10H2,1-2H3. The van der Waals surface area contributed by atoms with Crippen LogP contribution in [0, 0.1) is 5.92 Å². The maximum Gasteiger partial charge on any atom is 0.254 e. The van der Waals surface area contributed by atoms with Gasteiger partial charge in [-0.3, -0.25) is 4.79 Å². The molecule has 4 nitrogen and oxygen atoms in total. The van der Waals surface area contributed by atoms with Gasteiger partial charge in [-0.2, -0.15) is 0 Å². The Kier molecular flexibility index (Phi) is 3.26. The van der Waals surface area contributed by atoms with E-state index in [-0.39, 0.29) is 11.8 Å². The first-order chi connectivity index (χ1) is 9.58. The predicted octanol–water partition coefficient (Wildman–Crippen LogP) is 2.02. The summed E-state index contributed by atoms with van der Waals surface area (Å²) < 4.78 is 2.01. The second-order valence-electron chi connectivity index (χ2n) is 5.75. The molecule has 1 aliphatic rings. The largest absolute Gasteiger partial charge is 0.391 e. The molecule has 1 aliphatic heterocycles. The van der Waals surface area contributed by atoms with Gasteiger partial charge in [-0.15, -0.1) is 0 Å². The second-order valence-corrected chi connectivity index (χ2v) is 5.75. The Balaban J connectivity index is 1.93. The number of aliphatic hydroxyl groups is 1. The van der Waals surface area contributed by atoms with E-state index in [1.807, 2.05) is 49.0 Å². The zero-order valence-corrected chi connectivity index (χ0v) is 11.9. The van der Waals surface area contributed by atoms with Crippen LogP contribution in [0.2, 0.25) is 0 Å². The van der Waals surface area contributed by atoms with E-state index >= 15 is 0 Å². The van der Waals surface area contributed by atoms with Crippen LogP contribution in [0.1, 0.15) is 23.7 Å². The number of nitrogens with zero attached hydrogens (tertiary/aromatic N) is 2. The number of hydrogen-bond acceptors (Lipinski definition) is 2. The van der Waals surface area contributed by atoms with Crippen molar-refractivity contribution >= 4 is 16.8 Å². The summed E-state index contributed by atoms with van der Waals surface area (Å²) in [7, 11) is 1.98. The molecular formula is C16H20N2O2. The van der Waals surface area contributed by atoms with Crippen LogP contribution in [0.5, 0.6) is 0 Å². The van der Waals surface area contributed by atoms with E-state index in [4.69, 9.17) is 0 Å². The minimum Gasteiger partial charge on any atom is -0.391 e. The highest BCUT2D eigenvalue weighted by molar-refractivity contribution is 6.06. The number of carbonyl (C=O) groups is 1. The molecule has 3 rings (SSSR count). The first-order valence-electron chi connectivity index (χ1n) is 7.09. The van der Waals surface area contributed by atoms with Crippen molar-refractivity contribution in [1.29, 1.82) is 0 Å².